The van der Waals surface area contributed by atoms with E-state index in [9.17, 15) is 0 Å². The molecule has 0 saturated heterocycles. The maximum atomic E-state index is 5.56. The van der Waals surface area contributed by atoms with Crippen molar-refractivity contribution in [1.29, 1.82) is 0 Å². The zero-order valence-corrected chi connectivity index (χ0v) is 7.21. The Morgan fingerprint density at radius 2 is 2.25 bits per heavy atom. The van der Waals surface area contributed by atoms with Gasteiger partial charge in [-0.25, -0.2) is 0 Å². The SMILES string of the molecule is CN[C@@H]1COc2ccccc2C1. The quantitative estimate of drug-likeness (QED) is 0.672. The van der Waals surface area contributed by atoms with E-state index < -0.39 is 0 Å². The summed E-state index contributed by atoms with van der Waals surface area (Å²) in [7, 11) is 1.97. The zero-order chi connectivity index (χ0) is 8.39. The van der Waals surface area contributed by atoms with Gasteiger partial charge in [0.15, 0.2) is 0 Å². The number of rotatable bonds is 1. The van der Waals surface area contributed by atoms with E-state index in [1.807, 2.05) is 19.2 Å². The second-order valence-corrected chi connectivity index (χ2v) is 3.11. The molecule has 1 aromatic rings. The molecule has 2 nitrogen and oxygen atoms in total. The van der Waals surface area contributed by atoms with Crippen molar-refractivity contribution >= 4 is 0 Å². The van der Waals surface area contributed by atoms with E-state index in [1.54, 1.807) is 0 Å². The minimum atomic E-state index is 0.472. The summed E-state index contributed by atoms with van der Waals surface area (Å²) in [5.74, 6) is 1.05. The van der Waals surface area contributed by atoms with Gasteiger partial charge >= 0.3 is 0 Å². The van der Waals surface area contributed by atoms with E-state index in [-0.39, 0.29) is 0 Å². The van der Waals surface area contributed by atoms with Crippen molar-refractivity contribution in [3.8, 4) is 5.75 Å². The predicted octanol–water partition coefficient (Wildman–Crippen LogP) is 1.21. The molecule has 1 heterocycles. The third-order valence-corrected chi connectivity index (χ3v) is 2.29. The van der Waals surface area contributed by atoms with E-state index >= 15 is 0 Å². The van der Waals surface area contributed by atoms with Crippen LogP contribution in [0.3, 0.4) is 0 Å². The monoisotopic (exact) mass is 163 g/mol. The lowest BCUT2D eigenvalue weighted by Gasteiger charge is -2.24. The average molecular weight is 163 g/mol. The van der Waals surface area contributed by atoms with Crippen LogP contribution in [-0.2, 0) is 6.42 Å². The van der Waals surface area contributed by atoms with E-state index in [4.69, 9.17) is 4.74 Å². The number of hydrogen-bond acceptors (Lipinski definition) is 2. The van der Waals surface area contributed by atoms with Gasteiger partial charge in [0.1, 0.15) is 12.4 Å². The first-order chi connectivity index (χ1) is 5.90. The molecule has 0 spiro atoms. The van der Waals surface area contributed by atoms with Crippen LogP contribution < -0.4 is 10.1 Å². The van der Waals surface area contributed by atoms with Crippen molar-refractivity contribution in [2.75, 3.05) is 13.7 Å². The third-order valence-electron chi connectivity index (χ3n) is 2.29. The Bertz CT molecular complexity index is 272. The number of ether oxygens (including phenoxy) is 1. The molecule has 64 valence electrons. The van der Waals surface area contributed by atoms with Gasteiger partial charge in [-0.05, 0) is 25.1 Å². The molecule has 0 unspecified atom stereocenters. The Kier molecular flexibility index (Phi) is 2.00. The highest BCUT2D eigenvalue weighted by Gasteiger charge is 2.16. The molecule has 1 N–H and O–H groups in total. The average Bonchev–Trinajstić information content (AvgIpc) is 2.17. The number of likely N-dealkylation sites (N-methyl/N-ethyl adjacent to an activating group) is 1. The minimum absolute atomic E-state index is 0.472. The molecule has 2 heteroatoms. The van der Waals surface area contributed by atoms with Crippen LogP contribution in [0.25, 0.3) is 0 Å². The fourth-order valence-corrected chi connectivity index (χ4v) is 1.51. The lowest BCUT2D eigenvalue weighted by Crippen LogP contribution is -2.36. The van der Waals surface area contributed by atoms with Gasteiger partial charge in [-0.2, -0.15) is 0 Å². The van der Waals surface area contributed by atoms with E-state index in [0.717, 1.165) is 18.8 Å². The van der Waals surface area contributed by atoms with Gasteiger partial charge in [-0.15, -0.1) is 0 Å². The summed E-state index contributed by atoms with van der Waals surface area (Å²) < 4.78 is 5.56. The summed E-state index contributed by atoms with van der Waals surface area (Å²) in [5, 5.41) is 3.22. The van der Waals surface area contributed by atoms with E-state index in [0.29, 0.717) is 6.04 Å². The van der Waals surface area contributed by atoms with Gasteiger partial charge in [-0.3, -0.25) is 0 Å². The Balaban J connectivity index is 2.23. The topological polar surface area (TPSA) is 21.3 Å². The fourth-order valence-electron chi connectivity index (χ4n) is 1.51. The molecule has 0 saturated carbocycles. The zero-order valence-electron chi connectivity index (χ0n) is 7.21. The van der Waals surface area contributed by atoms with Crippen LogP contribution in [0.15, 0.2) is 24.3 Å². The maximum absolute atomic E-state index is 5.56. The first-order valence-corrected chi connectivity index (χ1v) is 4.28. The molecule has 0 bridgehead atoms. The number of fused-ring (bicyclic) bond motifs is 1. The van der Waals surface area contributed by atoms with Crippen molar-refractivity contribution in [3.05, 3.63) is 29.8 Å². The van der Waals surface area contributed by atoms with Crippen molar-refractivity contribution in [3.63, 3.8) is 0 Å². The molecule has 0 radical (unpaired) electrons. The third kappa shape index (κ3) is 1.30. The summed E-state index contributed by atoms with van der Waals surface area (Å²) in [6.45, 7) is 0.785. The summed E-state index contributed by atoms with van der Waals surface area (Å²) in [4.78, 5) is 0. The molecule has 2 rings (SSSR count). The number of nitrogens with one attached hydrogen (secondary N) is 1. The largest absolute Gasteiger partial charge is 0.492 e. The van der Waals surface area contributed by atoms with Crippen LogP contribution in [0.1, 0.15) is 5.56 Å². The fraction of sp³-hybridized carbons (Fsp3) is 0.400. The number of benzene rings is 1. The van der Waals surface area contributed by atoms with Crippen LogP contribution in [-0.4, -0.2) is 19.7 Å². The Morgan fingerprint density at radius 1 is 1.42 bits per heavy atom. The molecule has 1 aliphatic rings. The highest BCUT2D eigenvalue weighted by Crippen LogP contribution is 2.23. The van der Waals surface area contributed by atoms with Crippen LogP contribution in [0.2, 0.25) is 0 Å². The van der Waals surface area contributed by atoms with Gasteiger partial charge in [0.05, 0.1) is 0 Å². The highest BCUT2D eigenvalue weighted by molar-refractivity contribution is 5.35. The molecular weight excluding hydrogens is 150 g/mol. The molecule has 0 amide bonds. The molecule has 1 aromatic carbocycles. The molecular formula is C10H13NO. The Hall–Kier alpha value is -1.02. The summed E-state index contributed by atoms with van der Waals surface area (Å²) in [6, 6.07) is 8.69. The summed E-state index contributed by atoms with van der Waals surface area (Å²) in [5.41, 5.74) is 1.31. The second-order valence-electron chi connectivity index (χ2n) is 3.11. The first kappa shape index (κ1) is 7.62. The van der Waals surface area contributed by atoms with Gasteiger partial charge in [0.25, 0.3) is 0 Å². The molecule has 12 heavy (non-hydrogen) atoms. The Morgan fingerprint density at radius 3 is 3.08 bits per heavy atom. The maximum Gasteiger partial charge on any atom is 0.122 e. The van der Waals surface area contributed by atoms with Crippen LogP contribution in [0, 0.1) is 0 Å². The van der Waals surface area contributed by atoms with Gasteiger partial charge < -0.3 is 10.1 Å². The van der Waals surface area contributed by atoms with Crippen molar-refractivity contribution in [2.45, 2.75) is 12.5 Å². The van der Waals surface area contributed by atoms with Crippen molar-refractivity contribution < 1.29 is 4.74 Å². The predicted molar refractivity (Wildman–Crippen MR) is 48.5 cm³/mol. The van der Waals surface area contributed by atoms with Crippen LogP contribution in [0.5, 0.6) is 5.75 Å². The van der Waals surface area contributed by atoms with Gasteiger partial charge in [-0.1, -0.05) is 18.2 Å². The summed E-state index contributed by atoms with van der Waals surface area (Å²) in [6.07, 6.45) is 1.08. The molecule has 0 aromatic heterocycles. The van der Waals surface area contributed by atoms with Crippen molar-refractivity contribution in [2.24, 2.45) is 0 Å². The minimum Gasteiger partial charge on any atom is -0.492 e. The molecule has 1 aliphatic heterocycles. The van der Waals surface area contributed by atoms with Gasteiger partial charge in [0, 0.05) is 6.04 Å². The smallest absolute Gasteiger partial charge is 0.122 e. The number of hydrogen-bond donors (Lipinski definition) is 1. The van der Waals surface area contributed by atoms with E-state index in [2.05, 4.69) is 17.4 Å². The molecule has 0 aliphatic carbocycles. The Labute approximate surface area is 72.5 Å². The van der Waals surface area contributed by atoms with Crippen LogP contribution in [0.4, 0.5) is 0 Å². The molecule has 0 fully saturated rings. The lowest BCUT2D eigenvalue weighted by atomic mass is 10.0. The lowest BCUT2D eigenvalue weighted by molar-refractivity contribution is 0.245. The summed E-state index contributed by atoms with van der Waals surface area (Å²) >= 11 is 0. The first-order valence-electron chi connectivity index (χ1n) is 4.28. The normalized spacial score (nSPS) is 21.2. The van der Waals surface area contributed by atoms with Crippen molar-refractivity contribution in [1.82, 2.24) is 5.32 Å². The van der Waals surface area contributed by atoms with E-state index in [1.165, 1.54) is 5.56 Å². The number of para-hydroxylation sites is 1. The highest BCUT2D eigenvalue weighted by atomic mass is 16.5. The molecule has 1 atom stereocenters. The van der Waals surface area contributed by atoms with Crippen LogP contribution >= 0.6 is 0 Å². The standard InChI is InChI=1S/C10H13NO/c1-11-9-6-8-4-2-3-5-10(8)12-7-9/h2-5,9,11H,6-7H2,1H3/t9-/m0/s1. The van der Waals surface area contributed by atoms with Gasteiger partial charge in [0.2, 0.25) is 0 Å². The second kappa shape index (κ2) is 3.15.